The van der Waals surface area contributed by atoms with Crippen molar-refractivity contribution in [1.29, 1.82) is 0 Å². The highest BCUT2D eigenvalue weighted by atomic mass is 79.9. The van der Waals surface area contributed by atoms with Crippen LogP contribution in [0.15, 0.2) is 60.9 Å². The number of pyridine rings is 1. The van der Waals surface area contributed by atoms with Gasteiger partial charge in [-0.15, -0.1) is 0 Å². The van der Waals surface area contributed by atoms with E-state index in [1.165, 1.54) is 6.07 Å². The summed E-state index contributed by atoms with van der Waals surface area (Å²) in [6.07, 6.45) is 3.50. The van der Waals surface area contributed by atoms with Crippen LogP contribution in [0.1, 0.15) is 10.4 Å². The number of nitrogens with zero attached hydrogens (tertiary/aromatic N) is 1. The summed E-state index contributed by atoms with van der Waals surface area (Å²) in [6.45, 7) is -0.108. The molecule has 1 heterocycles. The number of ketones is 1. The molecule has 0 amide bonds. The lowest BCUT2D eigenvalue weighted by molar-refractivity contribution is -0.681. The van der Waals surface area contributed by atoms with Gasteiger partial charge in [-0.3, -0.25) is 4.79 Å². The molecule has 112 valence electrons. The van der Waals surface area contributed by atoms with Crippen molar-refractivity contribution >= 4 is 16.6 Å². The van der Waals surface area contributed by atoms with Crippen LogP contribution in [0.4, 0.5) is 8.78 Å². The lowest BCUT2D eigenvalue weighted by Crippen LogP contribution is -3.00. The first-order chi connectivity index (χ1) is 10.1. The monoisotopic (exact) mass is 363 g/mol. The number of carbonyl (C=O) groups excluding carboxylic acids is 1. The van der Waals surface area contributed by atoms with Gasteiger partial charge in [-0.1, -0.05) is 24.3 Å². The first-order valence-electron chi connectivity index (χ1n) is 6.50. The fourth-order valence-electron chi connectivity index (χ4n) is 2.29. The molecule has 0 unspecified atom stereocenters. The lowest BCUT2D eigenvalue weighted by Gasteiger charge is -2.02. The van der Waals surface area contributed by atoms with Gasteiger partial charge in [0.25, 0.3) is 0 Å². The van der Waals surface area contributed by atoms with Crippen molar-refractivity contribution < 1.29 is 35.1 Å². The predicted octanol–water partition coefficient (Wildman–Crippen LogP) is 0.292. The number of benzene rings is 2. The van der Waals surface area contributed by atoms with Crippen molar-refractivity contribution in [2.45, 2.75) is 6.54 Å². The van der Waals surface area contributed by atoms with E-state index in [0.29, 0.717) is 0 Å². The van der Waals surface area contributed by atoms with Gasteiger partial charge in [0, 0.05) is 11.5 Å². The SMILES string of the molecule is O=C(C[n+]1ccc2ccccc2c1)c1c(F)cccc1F.[Br-]. The minimum Gasteiger partial charge on any atom is -1.00 e. The van der Waals surface area contributed by atoms with Gasteiger partial charge in [-0.05, 0) is 23.6 Å². The Labute approximate surface area is 136 Å². The molecule has 3 rings (SSSR count). The van der Waals surface area contributed by atoms with Crippen molar-refractivity contribution in [3.63, 3.8) is 0 Å². The molecule has 0 spiro atoms. The molecule has 0 fully saturated rings. The van der Waals surface area contributed by atoms with Crippen molar-refractivity contribution in [3.8, 4) is 0 Å². The Kier molecular flexibility index (Phi) is 4.98. The highest BCUT2D eigenvalue weighted by Gasteiger charge is 2.20. The maximum atomic E-state index is 13.6. The largest absolute Gasteiger partial charge is 1.00 e. The second kappa shape index (κ2) is 6.75. The summed E-state index contributed by atoms with van der Waals surface area (Å²) in [4.78, 5) is 12.1. The molecule has 5 heteroatoms. The number of fused-ring (bicyclic) bond motifs is 1. The topological polar surface area (TPSA) is 20.9 Å². The number of hydrogen-bond donors (Lipinski definition) is 0. The number of Topliss-reactive ketones (excluding diaryl/α,β-unsaturated/α-hetero) is 1. The maximum Gasteiger partial charge on any atom is 0.233 e. The van der Waals surface area contributed by atoms with E-state index in [2.05, 4.69) is 0 Å². The van der Waals surface area contributed by atoms with Crippen LogP contribution in [0.3, 0.4) is 0 Å². The van der Waals surface area contributed by atoms with Crippen LogP contribution in [0.5, 0.6) is 0 Å². The molecule has 22 heavy (non-hydrogen) atoms. The zero-order chi connectivity index (χ0) is 14.8. The van der Waals surface area contributed by atoms with E-state index in [1.54, 1.807) is 17.0 Å². The maximum absolute atomic E-state index is 13.6. The molecule has 0 aliphatic heterocycles. The van der Waals surface area contributed by atoms with Gasteiger partial charge in [0.1, 0.15) is 11.6 Å². The summed E-state index contributed by atoms with van der Waals surface area (Å²) in [6, 6.07) is 13.0. The predicted molar refractivity (Wildman–Crippen MR) is 74.8 cm³/mol. The number of aromatic nitrogens is 1. The van der Waals surface area contributed by atoms with E-state index in [1.807, 2.05) is 30.3 Å². The second-order valence-corrected chi connectivity index (χ2v) is 4.77. The smallest absolute Gasteiger partial charge is 0.233 e. The van der Waals surface area contributed by atoms with Crippen LogP contribution in [0.2, 0.25) is 0 Å². The summed E-state index contributed by atoms with van der Waals surface area (Å²) in [5.74, 6) is -2.26. The van der Waals surface area contributed by atoms with Crippen molar-refractivity contribution in [2.24, 2.45) is 0 Å². The Bertz CT molecular complexity index is 816. The third kappa shape index (κ3) is 3.20. The molecule has 0 radical (unpaired) electrons. The molecular weight excluding hydrogens is 352 g/mol. The number of halogens is 3. The molecule has 0 saturated carbocycles. The fourth-order valence-corrected chi connectivity index (χ4v) is 2.29. The molecule has 0 saturated heterocycles. The molecule has 0 atom stereocenters. The Hall–Kier alpha value is -2.14. The van der Waals surface area contributed by atoms with Gasteiger partial charge >= 0.3 is 0 Å². The molecular formula is C17H12BrF2NO. The zero-order valence-corrected chi connectivity index (χ0v) is 13.1. The van der Waals surface area contributed by atoms with E-state index in [9.17, 15) is 13.6 Å². The Morgan fingerprint density at radius 2 is 1.55 bits per heavy atom. The van der Waals surface area contributed by atoms with Crippen molar-refractivity contribution in [1.82, 2.24) is 0 Å². The third-order valence-corrected chi connectivity index (χ3v) is 3.31. The molecule has 3 aromatic rings. The van der Waals surface area contributed by atoms with Crippen molar-refractivity contribution in [2.75, 3.05) is 0 Å². The lowest BCUT2D eigenvalue weighted by atomic mass is 10.1. The molecule has 0 N–H and O–H groups in total. The van der Waals surface area contributed by atoms with Crippen molar-refractivity contribution in [3.05, 3.63) is 78.1 Å². The summed E-state index contributed by atoms with van der Waals surface area (Å²) in [5.41, 5.74) is -0.488. The van der Waals surface area contributed by atoms with Gasteiger partial charge in [-0.2, -0.15) is 4.57 Å². The van der Waals surface area contributed by atoms with Crippen LogP contribution < -0.4 is 21.5 Å². The third-order valence-electron chi connectivity index (χ3n) is 3.31. The number of hydrogen-bond acceptors (Lipinski definition) is 1. The second-order valence-electron chi connectivity index (χ2n) is 4.77. The number of carbonyl (C=O) groups is 1. The molecule has 1 aromatic heterocycles. The van der Waals surface area contributed by atoms with Crippen LogP contribution in [-0.2, 0) is 6.54 Å². The average molecular weight is 364 g/mol. The molecule has 0 bridgehead atoms. The van der Waals surface area contributed by atoms with Crippen LogP contribution in [-0.4, -0.2) is 5.78 Å². The van der Waals surface area contributed by atoms with Crippen LogP contribution >= 0.6 is 0 Å². The van der Waals surface area contributed by atoms with Gasteiger partial charge in [0.15, 0.2) is 12.4 Å². The van der Waals surface area contributed by atoms with Gasteiger partial charge in [0.2, 0.25) is 12.3 Å². The molecule has 2 nitrogen and oxygen atoms in total. The highest BCUT2D eigenvalue weighted by molar-refractivity contribution is 5.95. The zero-order valence-electron chi connectivity index (χ0n) is 11.5. The van der Waals surface area contributed by atoms with E-state index < -0.39 is 23.0 Å². The number of rotatable bonds is 3. The Balaban J connectivity index is 0.00000176. The summed E-state index contributed by atoms with van der Waals surface area (Å²) in [7, 11) is 0. The highest BCUT2D eigenvalue weighted by Crippen LogP contribution is 2.13. The van der Waals surface area contributed by atoms with Gasteiger partial charge in [0.05, 0.1) is 5.56 Å². The van der Waals surface area contributed by atoms with Gasteiger partial charge < -0.3 is 17.0 Å². The average Bonchev–Trinajstić information content (AvgIpc) is 2.47. The van der Waals surface area contributed by atoms with Gasteiger partial charge in [-0.25, -0.2) is 8.78 Å². The molecule has 2 aromatic carbocycles. The Morgan fingerprint density at radius 3 is 2.23 bits per heavy atom. The summed E-state index contributed by atoms with van der Waals surface area (Å²) >= 11 is 0. The quantitative estimate of drug-likeness (QED) is 0.484. The summed E-state index contributed by atoms with van der Waals surface area (Å²) < 4.78 is 28.8. The first kappa shape index (κ1) is 16.2. The molecule has 0 aliphatic carbocycles. The van der Waals surface area contributed by atoms with E-state index in [4.69, 9.17) is 0 Å². The standard InChI is InChI=1S/C17H12F2NO.BrH/c18-14-6-3-7-15(19)17(14)16(21)11-20-9-8-12-4-1-2-5-13(12)10-20;/h1-10H,11H2;1H/q+1;/p-1. The van der Waals surface area contributed by atoms with E-state index in [0.717, 1.165) is 22.9 Å². The molecule has 0 aliphatic rings. The summed E-state index contributed by atoms with van der Waals surface area (Å²) in [5, 5.41) is 2.00. The van der Waals surface area contributed by atoms with Crippen LogP contribution in [0.25, 0.3) is 10.8 Å². The minimum atomic E-state index is -0.832. The normalized spacial score (nSPS) is 10.3. The van der Waals surface area contributed by atoms with Crippen LogP contribution in [0, 0.1) is 11.6 Å². The van der Waals surface area contributed by atoms with E-state index in [-0.39, 0.29) is 23.5 Å². The van der Waals surface area contributed by atoms with E-state index >= 15 is 0 Å². The first-order valence-corrected chi connectivity index (χ1v) is 6.50. The fraction of sp³-hybridized carbons (Fsp3) is 0.0588. The Morgan fingerprint density at radius 1 is 0.909 bits per heavy atom. The minimum absolute atomic E-state index is 0.